The Morgan fingerprint density at radius 3 is 2.27 bits per heavy atom. The van der Waals surface area contributed by atoms with Crippen molar-refractivity contribution >= 4 is 40.7 Å². The van der Waals surface area contributed by atoms with Crippen LogP contribution in [0.5, 0.6) is 5.75 Å². The van der Waals surface area contributed by atoms with Crippen LogP contribution in [0.15, 0.2) is 16.6 Å². The second-order valence-corrected chi connectivity index (χ2v) is 5.67. The fourth-order valence-electron chi connectivity index (χ4n) is 2.50. The third kappa shape index (κ3) is 4.64. The van der Waals surface area contributed by atoms with Crippen LogP contribution in [0.1, 0.15) is 24.1 Å². The molecule has 1 aliphatic rings. The third-order valence-corrected chi connectivity index (χ3v) is 4.23. The van der Waals surface area contributed by atoms with Gasteiger partial charge in [-0.1, -0.05) is 0 Å². The molecule has 1 atom stereocenters. The Kier molecular flexibility index (Phi) is 8.51. The van der Waals surface area contributed by atoms with Crippen LogP contribution in [-0.4, -0.2) is 36.2 Å². The van der Waals surface area contributed by atoms with Crippen LogP contribution in [-0.2, 0) is 6.18 Å². The van der Waals surface area contributed by atoms with E-state index in [1.165, 1.54) is 6.07 Å². The molecule has 0 spiro atoms. The van der Waals surface area contributed by atoms with E-state index in [4.69, 9.17) is 0 Å². The summed E-state index contributed by atoms with van der Waals surface area (Å²) in [5.74, 6) is -0.328. The van der Waals surface area contributed by atoms with Crippen LogP contribution < -0.4 is 5.32 Å². The van der Waals surface area contributed by atoms with Crippen molar-refractivity contribution in [3.63, 3.8) is 0 Å². The third-order valence-electron chi connectivity index (χ3n) is 3.59. The van der Waals surface area contributed by atoms with E-state index in [0.29, 0.717) is 13.1 Å². The van der Waals surface area contributed by atoms with Gasteiger partial charge >= 0.3 is 6.18 Å². The van der Waals surface area contributed by atoms with Crippen molar-refractivity contribution in [3.8, 4) is 5.75 Å². The predicted octanol–water partition coefficient (Wildman–Crippen LogP) is 3.98. The van der Waals surface area contributed by atoms with Crippen molar-refractivity contribution < 1.29 is 18.3 Å². The zero-order valence-electron chi connectivity index (χ0n) is 11.8. The Hall–Kier alpha value is -0.210. The van der Waals surface area contributed by atoms with Gasteiger partial charge in [-0.2, -0.15) is 13.2 Å². The molecule has 0 radical (unpaired) electrons. The number of phenols is 1. The Balaban J connectivity index is 0.00000220. The van der Waals surface area contributed by atoms with E-state index in [0.717, 1.165) is 19.2 Å². The van der Waals surface area contributed by atoms with Crippen LogP contribution in [0.2, 0.25) is 0 Å². The van der Waals surface area contributed by atoms with Gasteiger partial charge < -0.3 is 10.4 Å². The van der Waals surface area contributed by atoms with Gasteiger partial charge in [-0.05, 0) is 35.0 Å². The molecule has 22 heavy (non-hydrogen) atoms. The topological polar surface area (TPSA) is 35.5 Å². The molecule has 0 bridgehead atoms. The summed E-state index contributed by atoms with van der Waals surface area (Å²) in [6, 6.07) is 1.75. The normalized spacial score (nSPS) is 17.3. The minimum atomic E-state index is -4.48. The number of aromatic hydroxyl groups is 1. The monoisotopic (exact) mass is 424 g/mol. The number of phenolic OH excluding ortho intramolecular Hbond substituents is 1. The predicted molar refractivity (Wildman–Crippen MR) is 88.2 cm³/mol. The van der Waals surface area contributed by atoms with Gasteiger partial charge in [0.2, 0.25) is 0 Å². The van der Waals surface area contributed by atoms with Gasteiger partial charge in [-0.15, -0.1) is 24.8 Å². The first-order valence-electron chi connectivity index (χ1n) is 6.35. The van der Waals surface area contributed by atoms with Crippen molar-refractivity contribution in [3.05, 3.63) is 27.7 Å². The van der Waals surface area contributed by atoms with Gasteiger partial charge in [-0.25, -0.2) is 0 Å². The zero-order chi connectivity index (χ0) is 14.9. The first-order chi connectivity index (χ1) is 9.32. The van der Waals surface area contributed by atoms with Crippen molar-refractivity contribution in [1.82, 2.24) is 10.2 Å². The second-order valence-electron chi connectivity index (χ2n) is 4.82. The average Bonchev–Trinajstić information content (AvgIpc) is 2.40. The molecule has 0 amide bonds. The molecule has 0 unspecified atom stereocenters. The highest BCUT2D eigenvalue weighted by Crippen LogP contribution is 2.43. The molecule has 1 aromatic rings. The summed E-state index contributed by atoms with van der Waals surface area (Å²) >= 11 is 3.09. The van der Waals surface area contributed by atoms with Crippen LogP contribution in [0.25, 0.3) is 0 Å². The van der Waals surface area contributed by atoms with Crippen LogP contribution in [0.4, 0.5) is 13.2 Å². The minimum Gasteiger partial charge on any atom is -0.506 e. The Morgan fingerprint density at radius 1 is 1.23 bits per heavy atom. The maximum atomic E-state index is 13.1. The number of halogens is 6. The molecular weight excluding hydrogens is 408 g/mol. The van der Waals surface area contributed by atoms with Crippen LogP contribution in [0, 0.1) is 0 Å². The molecule has 0 saturated carbocycles. The number of piperazine rings is 1. The summed E-state index contributed by atoms with van der Waals surface area (Å²) in [6.07, 6.45) is -4.48. The van der Waals surface area contributed by atoms with E-state index in [-0.39, 0.29) is 40.6 Å². The van der Waals surface area contributed by atoms with Gasteiger partial charge in [0.1, 0.15) is 5.75 Å². The molecule has 1 heterocycles. The first kappa shape index (κ1) is 21.8. The molecule has 0 aromatic heterocycles. The van der Waals surface area contributed by atoms with Crippen LogP contribution >= 0.6 is 40.7 Å². The lowest BCUT2D eigenvalue weighted by Gasteiger charge is -2.34. The highest BCUT2D eigenvalue weighted by Gasteiger charge is 2.37. The maximum absolute atomic E-state index is 13.1. The number of benzene rings is 1. The molecule has 1 aliphatic heterocycles. The number of alkyl halides is 3. The quantitative estimate of drug-likeness (QED) is 0.752. The summed E-state index contributed by atoms with van der Waals surface area (Å²) < 4.78 is 39.7. The van der Waals surface area contributed by atoms with E-state index in [1.54, 1.807) is 6.92 Å². The molecule has 2 N–H and O–H groups in total. The number of nitrogens with one attached hydrogen (secondary N) is 1. The van der Waals surface area contributed by atoms with E-state index in [2.05, 4.69) is 21.2 Å². The van der Waals surface area contributed by atoms with E-state index >= 15 is 0 Å². The van der Waals surface area contributed by atoms with Gasteiger partial charge in [0.25, 0.3) is 0 Å². The van der Waals surface area contributed by atoms with Gasteiger partial charge in [0.05, 0.1) is 10.0 Å². The standard InChI is InChI=1S/C13H16BrF3N2O.2ClH/c1-8(19-6-4-18-5-7-19)11-9(13(15,16)17)2-3-10(14)12(11)20;;/h2-3,8,18,20H,4-7H2,1H3;2*1H/t8-;;/m1../s1. The van der Waals surface area contributed by atoms with E-state index < -0.39 is 17.8 Å². The zero-order valence-corrected chi connectivity index (χ0v) is 15.0. The molecule has 1 aromatic carbocycles. The summed E-state index contributed by atoms with van der Waals surface area (Å²) in [7, 11) is 0. The molecule has 2 rings (SSSR count). The van der Waals surface area contributed by atoms with E-state index in [9.17, 15) is 18.3 Å². The molecular formula is C13H18BrCl2F3N2O. The van der Waals surface area contributed by atoms with Gasteiger partial charge in [0.15, 0.2) is 0 Å². The van der Waals surface area contributed by atoms with Crippen molar-refractivity contribution in [2.75, 3.05) is 26.2 Å². The van der Waals surface area contributed by atoms with Crippen molar-refractivity contribution in [2.45, 2.75) is 19.1 Å². The lowest BCUT2D eigenvalue weighted by atomic mass is 9.98. The molecule has 1 saturated heterocycles. The van der Waals surface area contributed by atoms with Gasteiger partial charge in [0, 0.05) is 37.8 Å². The summed E-state index contributed by atoms with van der Waals surface area (Å²) in [6.45, 7) is 4.48. The lowest BCUT2D eigenvalue weighted by molar-refractivity contribution is -0.139. The molecule has 0 aliphatic carbocycles. The molecule has 3 nitrogen and oxygen atoms in total. The van der Waals surface area contributed by atoms with Crippen LogP contribution in [0.3, 0.4) is 0 Å². The molecule has 9 heteroatoms. The molecule has 128 valence electrons. The smallest absolute Gasteiger partial charge is 0.416 e. The fraction of sp³-hybridized carbons (Fsp3) is 0.538. The number of hydrogen-bond donors (Lipinski definition) is 2. The summed E-state index contributed by atoms with van der Waals surface area (Å²) in [5, 5.41) is 13.2. The average molecular weight is 426 g/mol. The van der Waals surface area contributed by atoms with Gasteiger partial charge in [-0.3, -0.25) is 4.90 Å². The summed E-state index contributed by atoms with van der Waals surface area (Å²) in [4.78, 5) is 1.94. The SMILES string of the molecule is C[C@H](c1c(C(F)(F)F)ccc(Br)c1O)N1CCNCC1.Cl.Cl. The lowest BCUT2D eigenvalue weighted by Crippen LogP contribution is -2.44. The maximum Gasteiger partial charge on any atom is 0.416 e. The largest absolute Gasteiger partial charge is 0.506 e. The van der Waals surface area contributed by atoms with E-state index in [1.807, 2.05) is 4.90 Å². The summed E-state index contributed by atoms with van der Waals surface area (Å²) in [5.41, 5.74) is -0.835. The fourth-order valence-corrected chi connectivity index (χ4v) is 2.85. The number of hydrogen-bond acceptors (Lipinski definition) is 3. The second kappa shape index (κ2) is 8.59. The Morgan fingerprint density at radius 2 is 1.77 bits per heavy atom. The first-order valence-corrected chi connectivity index (χ1v) is 7.15. The Labute approximate surface area is 148 Å². The minimum absolute atomic E-state index is 0. The van der Waals surface area contributed by atoms with Crippen molar-refractivity contribution in [1.29, 1.82) is 0 Å². The highest BCUT2D eigenvalue weighted by molar-refractivity contribution is 9.10. The number of rotatable bonds is 2. The highest BCUT2D eigenvalue weighted by atomic mass is 79.9. The Bertz CT molecular complexity index is 497. The van der Waals surface area contributed by atoms with Crippen molar-refractivity contribution in [2.24, 2.45) is 0 Å². The molecule has 1 fully saturated rings. The number of nitrogens with zero attached hydrogens (tertiary/aromatic N) is 1.